The van der Waals surface area contributed by atoms with Gasteiger partial charge in [-0.1, -0.05) is 30.0 Å². The van der Waals surface area contributed by atoms with E-state index >= 15 is 0 Å². The highest BCUT2D eigenvalue weighted by Crippen LogP contribution is 2.18. The Bertz CT molecular complexity index is 837. The van der Waals surface area contributed by atoms with E-state index in [1.165, 1.54) is 36.9 Å². The maximum Gasteiger partial charge on any atom is 0.331 e. The van der Waals surface area contributed by atoms with Crippen LogP contribution in [0.3, 0.4) is 0 Å². The third-order valence-corrected chi connectivity index (χ3v) is 3.90. The standard InChI is InChI=1S/C19H16FNO4S/c1-13(22)21-14-7-8-16(17(20)11-14)18(23)12-25-19(24)9-10-26-15-5-3-2-4-6-15/h2-11H,12H2,1H3,(H,21,22)/b10-9+. The first-order valence-corrected chi connectivity index (χ1v) is 8.49. The second kappa shape index (κ2) is 9.53. The Morgan fingerprint density at radius 1 is 1.15 bits per heavy atom. The second-order valence-electron chi connectivity index (χ2n) is 5.14. The molecule has 0 spiro atoms. The third-order valence-electron chi connectivity index (χ3n) is 3.09. The van der Waals surface area contributed by atoms with Crippen molar-refractivity contribution in [3.05, 3.63) is 71.4 Å². The zero-order valence-corrected chi connectivity index (χ0v) is 14.7. The van der Waals surface area contributed by atoms with Crippen molar-refractivity contribution in [2.75, 3.05) is 11.9 Å². The van der Waals surface area contributed by atoms with E-state index in [2.05, 4.69) is 5.32 Å². The average molecular weight is 373 g/mol. The van der Waals surface area contributed by atoms with E-state index in [1.54, 1.807) is 5.41 Å². The summed E-state index contributed by atoms with van der Waals surface area (Å²) in [6.45, 7) is 0.718. The van der Waals surface area contributed by atoms with Crippen molar-refractivity contribution < 1.29 is 23.5 Å². The van der Waals surface area contributed by atoms with Gasteiger partial charge in [0.2, 0.25) is 11.7 Å². The van der Waals surface area contributed by atoms with Crippen LogP contribution in [-0.2, 0) is 14.3 Å². The van der Waals surface area contributed by atoms with Gasteiger partial charge in [0.15, 0.2) is 6.61 Å². The smallest absolute Gasteiger partial charge is 0.331 e. The van der Waals surface area contributed by atoms with Crippen molar-refractivity contribution in [3.63, 3.8) is 0 Å². The first-order valence-electron chi connectivity index (χ1n) is 7.61. The number of hydrogen-bond donors (Lipinski definition) is 1. The predicted molar refractivity (Wildman–Crippen MR) is 97.4 cm³/mol. The number of thioether (sulfide) groups is 1. The van der Waals surface area contributed by atoms with Gasteiger partial charge < -0.3 is 10.1 Å². The van der Waals surface area contributed by atoms with Crippen molar-refractivity contribution in [3.8, 4) is 0 Å². The molecule has 0 fully saturated rings. The fourth-order valence-electron chi connectivity index (χ4n) is 1.95. The molecule has 0 aliphatic carbocycles. The Labute approximate surface area is 154 Å². The van der Waals surface area contributed by atoms with Gasteiger partial charge in [0.25, 0.3) is 0 Å². The van der Waals surface area contributed by atoms with E-state index < -0.39 is 24.2 Å². The number of Topliss-reactive ketones (excluding diaryl/α,β-unsaturated/α-hetero) is 1. The first-order chi connectivity index (χ1) is 12.5. The number of hydrogen-bond acceptors (Lipinski definition) is 5. The molecule has 26 heavy (non-hydrogen) atoms. The van der Waals surface area contributed by atoms with Crippen LogP contribution in [-0.4, -0.2) is 24.3 Å². The lowest BCUT2D eigenvalue weighted by Crippen LogP contribution is -2.14. The van der Waals surface area contributed by atoms with Gasteiger partial charge in [-0.05, 0) is 35.7 Å². The summed E-state index contributed by atoms with van der Waals surface area (Å²) in [5.41, 5.74) is 0.0268. The van der Waals surface area contributed by atoms with Crippen molar-refractivity contribution in [1.29, 1.82) is 0 Å². The fourth-order valence-corrected chi connectivity index (χ4v) is 2.60. The van der Waals surface area contributed by atoms with Crippen LogP contribution in [0, 0.1) is 5.82 Å². The molecule has 1 amide bonds. The van der Waals surface area contributed by atoms with Gasteiger partial charge in [-0.15, -0.1) is 0 Å². The fraction of sp³-hybridized carbons (Fsp3) is 0.105. The summed E-state index contributed by atoms with van der Waals surface area (Å²) in [5, 5.41) is 3.96. The Kier molecular flexibility index (Phi) is 7.11. The van der Waals surface area contributed by atoms with E-state index in [0.29, 0.717) is 0 Å². The summed E-state index contributed by atoms with van der Waals surface area (Å²) in [4.78, 5) is 35.5. The minimum atomic E-state index is -0.799. The molecule has 0 saturated heterocycles. The van der Waals surface area contributed by atoms with Crippen molar-refractivity contribution >= 4 is 35.1 Å². The zero-order valence-electron chi connectivity index (χ0n) is 13.9. The molecule has 1 N–H and O–H groups in total. The van der Waals surface area contributed by atoms with Gasteiger partial charge >= 0.3 is 5.97 Å². The molecule has 0 aliphatic rings. The van der Waals surface area contributed by atoms with Crippen LogP contribution in [0.1, 0.15) is 17.3 Å². The number of carbonyl (C=O) groups excluding carboxylic acids is 3. The molecule has 2 aromatic carbocycles. The summed E-state index contributed by atoms with van der Waals surface area (Å²) in [7, 11) is 0. The van der Waals surface area contributed by atoms with Gasteiger partial charge in [-0.2, -0.15) is 0 Å². The van der Waals surface area contributed by atoms with Crippen LogP contribution in [0.4, 0.5) is 10.1 Å². The Balaban J connectivity index is 1.85. The molecule has 7 heteroatoms. The summed E-state index contributed by atoms with van der Waals surface area (Å²) < 4.78 is 18.8. The topological polar surface area (TPSA) is 72.5 Å². The minimum absolute atomic E-state index is 0.213. The second-order valence-corrected chi connectivity index (χ2v) is 6.12. The Morgan fingerprint density at radius 2 is 1.88 bits per heavy atom. The largest absolute Gasteiger partial charge is 0.454 e. The van der Waals surface area contributed by atoms with E-state index in [1.807, 2.05) is 30.3 Å². The molecule has 0 aliphatic heterocycles. The molecule has 2 rings (SSSR count). The lowest BCUT2D eigenvalue weighted by Gasteiger charge is -2.06. The number of esters is 1. The van der Waals surface area contributed by atoms with Crippen LogP contribution in [0.15, 0.2) is 64.9 Å². The molecule has 5 nitrogen and oxygen atoms in total. The lowest BCUT2D eigenvalue weighted by molar-refractivity contribution is -0.136. The van der Waals surface area contributed by atoms with E-state index in [0.717, 1.165) is 11.0 Å². The number of benzene rings is 2. The number of nitrogens with one attached hydrogen (secondary N) is 1. The number of carbonyl (C=O) groups is 3. The normalized spacial score (nSPS) is 10.5. The van der Waals surface area contributed by atoms with Crippen molar-refractivity contribution in [2.24, 2.45) is 0 Å². The monoisotopic (exact) mass is 373 g/mol. The molecular weight excluding hydrogens is 357 g/mol. The van der Waals surface area contributed by atoms with Gasteiger partial charge in [0, 0.05) is 23.6 Å². The predicted octanol–water partition coefficient (Wildman–Crippen LogP) is 3.82. The third kappa shape index (κ3) is 6.18. The van der Waals surface area contributed by atoms with Crippen LogP contribution in [0.5, 0.6) is 0 Å². The summed E-state index contributed by atoms with van der Waals surface area (Å²) in [5.74, 6) is -2.52. The molecule has 0 aromatic heterocycles. The molecule has 0 bridgehead atoms. The maximum absolute atomic E-state index is 13.9. The summed E-state index contributed by atoms with van der Waals surface area (Å²) >= 11 is 1.33. The number of ketones is 1. The van der Waals surface area contributed by atoms with E-state index in [-0.39, 0.29) is 17.2 Å². The Hall–Kier alpha value is -2.93. The highest BCUT2D eigenvalue weighted by molar-refractivity contribution is 8.02. The average Bonchev–Trinajstić information content (AvgIpc) is 2.60. The van der Waals surface area contributed by atoms with Gasteiger partial charge in [-0.25, -0.2) is 9.18 Å². The summed E-state index contributed by atoms with van der Waals surface area (Å²) in [6.07, 6.45) is 1.20. The number of ether oxygens (including phenoxy) is 1. The number of amides is 1. The molecule has 0 saturated carbocycles. The lowest BCUT2D eigenvalue weighted by atomic mass is 10.1. The molecular formula is C19H16FNO4S. The van der Waals surface area contributed by atoms with Crippen LogP contribution in [0.2, 0.25) is 0 Å². The maximum atomic E-state index is 13.9. The van der Waals surface area contributed by atoms with Crippen molar-refractivity contribution in [2.45, 2.75) is 11.8 Å². The zero-order chi connectivity index (χ0) is 18.9. The molecule has 2 aromatic rings. The quantitative estimate of drug-likeness (QED) is 0.346. The van der Waals surface area contributed by atoms with Gasteiger partial charge in [0.1, 0.15) is 5.82 Å². The van der Waals surface area contributed by atoms with Crippen LogP contribution in [0.25, 0.3) is 0 Å². The van der Waals surface area contributed by atoms with Crippen LogP contribution < -0.4 is 5.32 Å². The first kappa shape index (κ1) is 19.4. The molecule has 0 unspecified atom stereocenters. The number of halogens is 1. The molecule has 0 atom stereocenters. The number of rotatable bonds is 7. The van der Waals surface area contributed by atoms with E-state index in [9.17, 15) is 18.8 Å². The highest BCUT2D eigenvalue weighted by Gasteiger charge is 2.14. The van der Waals surface area contributed by atoms with E-state index in [4.69, 9.17) is 4.74 Å². The minimum Gasteiger partial charge on any atom is -0.454 e. The van der Waals surface area contributed by atoms with Gasteiger partial charge in [-0.3, -0.25) is 9.59 Å². The molecule has 0 heterocycles. The molecule has 0 radical (unpaired) electrons. The molecule has 134 valence electrons. The summed E-state index contributed by atoms with van der Waals surface area (Å²) in [6, 6.07) is 13.1. The van der Waals surface area contributed by atoms with Crippen molar-refractivity contribution in [1.82, 2.24) is 0 Å². The highest BCUT2D eigenvalue weighted by atomic mass is 32.2. The SMILES string of the molecule is CC(=O)Nc1ccc(C(=O)COC(=O)/C=C/Sc2ccccc2)c(F)c1. The Morgan fingerprint density at radius 3 is 2.54 bits per heavy atom. The van der Waals surface area contributed by atoms with Gasteiger partial charge in [0.05, 0.1) is 5.56 Å². The number of anilines is 1. The van der Waals surface area contributed by atoms with Crippen LogP contribution >= 0.6 is 11.8 Å².